The van der Waals surface area contributed by atoms with Gasteiger partial charge in [0.15, 0.2) is 5.82 Å². The third-order valence-electron chi connectivity index (χ3n) is 4.53. The SMILES string of the molecule is CCOc1ccc(NC(=O)Cn2c(=O)cc(-c3nc(C)no3)c3ccccc32)cc1. The fourth-order valence-corrected chi connectivity index (χ4v) is 3.23. The Balaban J connectivity index is 1.63. The van der Waals surface area contributed by atoms with Gasteiger partial charge in [0, 0.05) is 17.1 Å². The van der Waals surface area contributed by atoms with Crippen LogP contribution < -0.4 is 15.6 Å². The van der Waals surface area contributed by atoms with Gasteiger partial charge in [0.1, 0.15) is 12.3 Å². The second kappa shape index (κ2) is 8.20. The Bertz CT molecular complexity index is 1260. The molecule has 0 aliphatic carbocycles. The van der Waals surface area contributed by atoms with E-state index in [1.807, 2.05) is 25.1 Å². The Morgan fingerprint density at radius 1 is 1.17 bits per heavy atom. The maximum Gasteiger partial charge on any atom is 0.258 e. The summed E-state index contributed by atoms with van der Waals surface area (Å²) in [5, 5.41) is 7.35. The number of ether oxygens (including phenoxy) is 1. The third kappa shape index (κ3) is 3.93. The summed E-state index contributed by atoms with van der Waals surface area (Å²) < 4.78 is 12.1. The number of carbonyl (C=O) groups is 1. The molecule has 0 bridgehead atoms. The lowest BCUT2D eigenvalue weighted by molar-refractivity contribution is -0.116. The van der Waals surface area contributed by atoms with E-state index < -0.39 is 0 Å². The first-order chi connectivity index (χ1) is 14.5. The van der Waals surface area contributed by atoms with Crippen LogP contribution in [0.25, 0.3) is 22.4 Å². The van der Waals surface area contributed by atoms with Gasteiger partial charge in [-0.3, -0.25) is 14.2 Å². The van der Waals surface area contributed by atoms with Gasteiger partial charge < -0.3 is 14.6 Å². The Morgan fingerprint density at radius 2 is 1.93 bits per heavy atom. The van der Waals surface area contributed by atoms with Crippen molar-refractivity contribution >= 4 is 22.5 Å². The van der Waals surface area contributed by atoms with Gasteiger partial charge in [-0.15, -0.1) is 0 Å². The molecule has 0 fully saturated rings. The fourth-order valence-electron chi connectivity index (χ4n) is 3.23. The molecule has 1 N–H and O–H groups in total. The predicted octanol–water partition coefficient (Wildman–Crippen LogP) is 3.40. The summed E-state index contributed by atoms with van der Waals surface area (Å²) in [6.07, 6.45) is 0. The summed E-state index contributed by atoms with van der Waals surface area (Å²) in [4.78, 5) is 29.6. The molecule has 0 aliphatic heterocycles. The zero-order chi connectivity index (χ0) is 21.1. The first-order valence-electron chi connectivity index (χ1n) is 9.51. The van der Waals surface area contributed by atoms with Crippen molar-refractivity contribution in [1.82, 2.24) is 14.7 Å². The largest absolute Gasteiger partial charge is 0.494 e. The molecule has 152 valence electrons. The zero-order valence-electron chi connectivity index (χ0n) is 16.6. The molecule has 0 spiro atoms. The van der Waals surface area contributed by atoms with Gasteiger partial charge in [0.25, 0.3) is 11.4 Å². The van der Waals surface area contributed by atoms with Crippen molar-refractivity contribution in [2.24, 2.45) is 0 Å². The highest BCUT2D eigenvalue weighted by atomic mass is 16.5. The summed E-state index contributed by atoms with van der Waals surface area (Å²) in [5.41, 5.74) is 1.44. The fraction of sp³-hybridized carbons (Fsp3) is 0.182. The monoisotopic (exact) mass is 404 g/mol. The van der Waals surface area contributed by atoms with E-state index in [1.54, 1.807) is 37.3 Å². The number of anilines is 1. The smallest absolute Gasteiger partial charge is 0.258 e. The molecule has 0 aliphatic rings. The van der Waals surface area contributed by atoms with Gasteiger partial charge in [0.05, 0.1) is 17.7 Å². The van der Waals surface area contributed by atoms with Crippen LogP contribution in [-0.2, 0) is 11.3 Å². The lowest BCUT2D eigenvalue weighted by atomic mass is 10.1. The van der Waals surface area contributed by atoms with Crippen LogP contribution in [0.15, 0.2) is 63.9 Å². The van der Waals surface area contributed by atoms with Crippen LogP contribution in [0.1, 0.15) is 12.7 Å². The number of amides is 1. The number of aryl methyl sites for hydroxylation is 1. The second-order valence-corrected chi connectivity index (χ2v) is 6.65. The predicted molar refractivity (Wildman–Crippen MR) is 112 cm³/mol. The van der Waals surface area contributed by atoms with E-state index in [-0.39, 0.29) is 23.9 Å². The average Bonchev–Trinajstić information content (AvgIpc) is 3.17. The lowest BCUT2D eigenvalue weighted by Crippen LogP contribution is -2.27. The number of carbonyl (C=O) groups excluding carboxylic acids is 1. The summed E-state index contributed by atoms with van der Waals surface area (Å²) >= 11 is 0. The second-order valence-electron chi connectivity index (χ2n) is 6.65. The van der Waals surface area contributed by atoms with Gasteiger partial charge in [-0.05, 0) is 44.2 Å². The van der Waals surface area contributed by atoms with Crippen molar-refractivity contribution in [3.8, 4) is 17.2 Å². The molecule has 0 radical (unpaired) electrons. The Kier molecular flexibility index (Phi) is 5.30. The zero-order valence-corrected chi connectivity index (χ0v) is 16.6. The Labute approximate surface area is 172 Å². The number of rotatable bonds is 6. The van der Waals surface area contributed by atoms with E-state index in [9.17, 15) is 9.59 Å². The van der Waals surface area contributed by atoms with E-state index in [4.69, 9.17) is 9.26 Å². The molecule has 0 saturated carbocycles. The molecule has 0 unspecified atom stereocenters. The maximum atomic E-state index is 12.8. The highest BCUT2D eigenvalue weighted by Gasteiger charge is 2.16. The van der Waals surface area contributed by atoms with Crippen molar-refractivity contribution in [2.75, 3.05) is 11.9 Å². The van der Waals surface area contributed by atoms with Crippen LogP contribution in [0.4, 0.5) is 5.69 Å². The molecular formula is C22H20N4O4. The molecular weight excluding hydrogens is 384 g/mol. The number of nitrogens with zero attached hydrogens (tertiary/aromatic N) is 3. The topological polar surface area (TPSA) is 99.2 Å². The number of pyridine rings is 1. The number of fused-ring (bicyclic) bond motifs is 1. The summed E-state index contributed by atoms with van der Waals surface area (Å²) in [6.45, 7) is 4.06. The standard InChI is InChI=1S/C22H20N4O4/c1-3-29-16-10-8-15(9-11-16)24-20(27)13-26-19-7-5-4-6-17(19)18(12-21(26)28)22-23-14(2)25-30-22/h4-12H,3,13H2,1-2H3,(H,24,27). The quantitative estimate of drug-likeness (QED) is 0.529. The molecule has 2 heterocycles. The van der Waals surface area contributed by atoms with Gasteiger partial charge in [-0.2, -0.15) is 4.98 Å². The molecule has 4 aromatic rings. The molecule has 2 aromatic heterocycles. The summed E-state index contributed by atoms with van der Waals surface area (Å²) in [7, 11) is 0. The highest BCUT2D eigenvalue weighted by molar-refractivity contribution is 5.95. The molecule has 8 nitrogen and oxygen atoms in total. The first-order valence-corrected chi connectivity index (χ1v) is 9.51. The summed E-state index contributed by atoms with van der Waals surface area (Å²) in [5.74, 6) is 1.16. The number of aromatic nitrogens is 3. The minimum Gasteiger partial charge on any atom is -0.494 e. The molecule has 0 atom stereocenters. The molecule has 1 amide bonds. The lowest BCUT2D eigenvalue weighted by Gasteiger charge is -2.12. The minimum absolute atomic E-state index is 0.129. The van der Waals surface area contributed by atoms with E-state index >= 15 is 0 Å². The minimum atomic E-state index is -0.332. The van der Waals surface area contributed by atoms with E-state index in [1.165, 1.54) is 10.6 Å². The Hall–Kier alpha value is -3.94. The molecule has 4 rings (SSSR count). The van der Waals surface area contributed by atoms with Gasteiger partial charge >= 0.3 is 0 Å². The van der Waals surface area contributed by atoms with Crippen molar-refractivity contribution in [2.45, 2.75) is 20.4 Å². The van der Waals surface area contributed by atoms with Crippen LogP contribution in [0, 0.1) is 6.92 Å². The van der Waals surface area contributed by atoms with Crippen LogP contribution in [0.5, 0.6) is 5.75 Å². The average molecular weight is 404 g/mol. The Morgan fingerprint density at radius 3 is 2.63 bits per heavy atom. The number of hydrogen-bond donors (Lipinski definition) is 1. The van der Waals surface area contributed by atoms with Crippen molar-refractivity contribution in [3.63, 3.8) is 0 Å². The molecule has 0 saturated heterocycles. The molecule has 8 heteroatoms. The van der Waals surface area contributed by atoms with Crippen LogP contribution in [0.3, 0.4) is 0 Å². The number of nitrogens with one attached hydrogen (secondary N) is 1. The van der Waals surface area contributed by atoms with Crippen molar-refractivity contribution in [1.29, 1.82) is 0 Å². The van der Waals surface area contributed by atoms with E-state index in [0.717, 1.165) is 11.1 Å². The summed E-state index contributed by atoms with van der Waals surface area (Å²) in [6, 6.07) is 15.8. The normalized spacial score (nSPS) is 10.9. The maximum absolute atomic E-state index is 12.8. The van der Waals surface area contributed by atoms with Gasteiger partial charge in [-0.25, -0.2) is 0 Å². The number of hydrogen-bond acceptors (Lipinski definition) is 6. The molecule has 30 heavy (non-hydrogen) atoms. The number of para-hydroxylation sites is 1. The number of benzene rings is 2. The van der Waals surface area contributed by atoms with E-state index in [2.05, 4.69) is 15.5 Å². The van der Waals surface area contributed by atoms with E-state index in [0.29, 0.717) is 29.2 Å². The third-order valence-corrected chi connectivity index (χ3v) is 4.53. The van der Waals surface area contributed by atoms with Crippen LogP contribution in [-0.4, -0.2) is 27.2 Å². The van der Waals surface area contributed by atoms with Crippen molar-refractivity contribution in [3.05, 3.63) is 70.8 Å². The van der Waals surface area contributed by atoms with Crippen molar-refractivity contribution < 1.29 is 14.1 Å². The van der Waals surface area contributed by atoms with Crippen LogP contribution >= 0.6 is 0 Å². The first kappa shape index (κ1) is 19.4. The van der Waals surface area contributed by atoms with Gasteiger partial charge in [-0.1, -0.05) is 23.4 Å². The van der Waals surface area contributed by atoms with Gasteiger partial charge in [0.2, 0.25) is 5.91 Å². The molecule has 2 aromatic carbocycles. The highest BCUT2D eigenvalue weighted by Crippen LogP contribution is 2.26. The van der Waals surface area contributed by atoms with Crippen LogP contribution in [0.2, 0.25) is 0 Å².